The lowest BCUT2D eigenvalue weighted by molar-refractivity contribution is 0.0930. The van der Waals surface area contributed by atoms with Gasteiger partial charge in [0.2, 0.25) is 0 Å². The summed E-state index contributed by atoms with van der Waals surface area (Å²) >= 11 is 3.36. The number of alkyl halides is 1. The van der Waals surface area contributed by atoms with E-state index in [0.29, 0.717) is 12.2 Å². The van der Waals surface area contributed by atoms with Crippen LogP contribution in [0.5, 0.6) is 5.75 Å². The van der Waals surface area contributed by atoms with E-state index in [4.69, 9.17) is 4.74 Å². The normalized spacial score (nSPS) is 14.7. The number of nitrogens with one attached hydrogen (secondary N) is 1. The maximum atomic E-state index is 13.1. The van der Waals surface area contributed by atoms with Crippen LogP contribution in [0.2, 0.25) is 0 Å². The van der Waals surface area contributed by atoms with Crippen molar-refractivity contribution in [2.24, 2.45) is 0 Å². The van der Waals surface area contributed by atoms with Gasteiger partial charge in [-0.05, 0) is 53.8 Å². The Bertz CT molecular complexity index is 989. The third-order valence-electron chi connectivity index (χ3n) is 5.21. The van der Waals surface area contributed by atoms with Gasteiger partial charge in [0.15, 0.2) is 0 Å². The highest BCUT2D eigenvalue weighted by Gasteiger charge is 2.46. The zero-order valence-corrected chi connectivity index (χ0v) is 16.9. The van der Waals surface area contributed by atoms with Crippen LogP contribution in [0.4, 0.5) is 0 Å². The van der Waals surface area contributed by atoms with Crippen molar-refractivity contribution in [3.05, 3.63) is 77.4 Å². The largest absolute Gasteiger partial charge is 0.493 e. The van der Waals surface area contributed by atoms with Gasteiger partial charge in [-0.2, -0.15) is 0 Å². The Morgan fingerprint density at radius 1 is 1.11 bits per heavy atom. The third-order valence-corrected chi connectivity index (χ3v) is 5.53. The monoisotopic (exact) mass is 423 g/mol. The minimum atomic E-state index is -0.267. The molecule has 138 valence electrons. The molecule has 27 heavy (non-hydrogen) atoms. The van der Waals surface area contributed by atoms with Gasteiger partial charge in [-0.25, -0.2) is 0 Å². The zero-order valence-electron chi connectivity index (χ0n) is 15.3. The van der Waals surface area contributed by atoms with E-state index in [1.807, 2.05) is 31.2 Å². The van der Waals surface area contributed by atoms with E-state index in [9.17, 15) is 4.79 Å². The maximum absolute atomic E-state index is 13.1. The van der Waals surface area contributed by atoms with Gasteiger partial charge in [-0.1, -0.05) is 64.5 Å². The smallest absolute Gasteiger partial charge is 0.252 e. The molecule has 0 saturated heterocycles. The lowest BCUT2D eigenvalue weighted by Crippen LogP contribution is -2.35. The molecule has 1 saturated carbocycles. The van der Waals surface area contributed by atoms with Crippen molar-refractivity contribution in [3.63, 3.8) is 0 Å². The van der Waals surface area contributed by atoms with Crippen LogP contribution in [-0.4, -0.2) is 17.8 Å². The Morgan fingerprint density at radius 2 is 1.89 bits per heavy atom. The minimum absolute atomic E-state index is 0.0396. The molecule has 4 heteroatoms. The van der Waals surface area contributed by atoms with Gasteiger partial charge >= 0.3 is 0 Å². The third kappa shape index (κ3) is 3.59. The van der Waals surface area contributed by atoms with E-state index in [-0.39, 0.29) is 11.4 Å². The van der Waals surface area contributed by atoms with Crippen LogP contribution >= 0.6 is 15.9 Å². The molecule has 1 aliphatic rings. The fourth-order valence-electron chi connectivity index (χ4n) is 3.61. The second-order valence-corrected chi connectivity index (χ2v) is 7.87. The van der Waals surface area contributed by atoms with Crippen molar-refractivity contribution >= 4 is 32.6 Å². The first-order valence-corrected chi connectivity index (χ1v) is 10.4. The molecule has 3 aromatic carbocycles. The summed E-state index contributed by atoms with van der Waals surface area (Å²) in [5, 5.41) is 6.49. The summed E-state index contributed by atoms with van der Waals surface area (Å²) in [5.41, 5.74) is 2.57. The Labute approximate surface area is 167 Å². The van der Waals surface area contributed by atoms with E-state index in [1.54, 1.807) is 0 Å². The highest BCUT2D eigenvalue weighted by atomic mass is 79.9. The van der Waals surface area contributed by atoms with E-state index in [2.05, 4.69) is 57.6 Å². The van der Waals surface area contributed by atoms with Gasteiger partial charge in [0.1, 0.15) is 5.75 Å². The van der Waals surface area contributed by atoms with Crippen molar-refractivity contribution in [3.8, 4) is 5.75 Å². The number of fused-ring (bicyclic) bond motifs is 1. The summed E-state index contributed by atoms with van der Waals surface area (Å²) < 4.78 is 5.66. The average molecular weight is 424 g/mol. The molecular formula is C23H22BrNO2. The van der Waals surface area contributed by atoms with E-state index in [1.165, 1.54) is 16.3 Å². The number of benzene rings is 3. The van der Waals surface area contributed by atoms with Gasteiger partial charge in [-0.15, -0.1) is 0 Å². The van der Waals surface area contributed by atoms with Crippen LogP contribution in [0, 0.1) is 6.92 Å². The molecule has 0 aromatic heterocycles. The predicted molar refractivity (Wildman–Crippen MR) is 113 cm³/mol. The van der Waals surface area contributed by atoms with Gasteiger partial charge in [0, 0.05) is 10.9 Å². The summed E-state index contributed by atoms with van der Waals surface area (Å²) in [6.07, 6.45) is 1.93. The van der Waals surface area contributed by atoms with Gasteiger partial charge in [0.25, 0.3) is 5.91 Å². The van der Waals surface area contributed by atoms with Crippen LogP contribution in [-0.2, 0) is 5.54 Å². The fourth-order valence-corrected chi connectivity index (χ4v) is 3.77. The molecule has 0 atom stereocenters. The molecular weight excluding hydrogens is 402 g/mol. The maximum Gasteiger partial charge on any atom is 0.252 e. The molecule has 0 bridgehead atoms. The van der Waals surface area contributed by atoms with Crippen molar-refractivity contribution in [2.75, 3.05) is 11.9 Å². The number of carbonyl (C=O) groups excluding carboxylic acids is 1. The summed E-state index contributed by atoms with van der Waals surface area (Å²) in [5.74, 6) is 0.683. The predicted octanol–water partition coefficient (Wildman–Crippen LogP) is 5.34. The number of ether oxygens (including phenoxy) is 1. The molecule has 3 nitrogen and oxygen atoms in total. The van der Waals surface area contributed by atoms with Crippen LogP contribution in [0.3, 0.4) is 0 Å². The van der Waals surface area contributed by atoms with Crippen molar-refractivity contribution < 1.29 is 9.53 Å². The molecule has 1 aliphatic carbocycles. The molecule has 1 N–H and O–H groups in total. The minimum Gasteiger partial charge on any atom is -0.493 e. The van der Waals surface area contributed by atoms with Gasteiger partial charge in [0.05, 0.1) is 12.1 Å². The van der Waals surface area contributed by atoms with E-state index >= 15 is 0 Å². The molecule has 1 fully saturated rings. The molecule has 1 amide bonds. The van der Waals surface area contributed by atoms with Gasteiger partial charge in [-0.3, -0.25) is 4.79 Å². The number of hydrogen-bond donors (Lipinski definition) is 1. The number of halogens is 1. The second kappa shape index (κ2) is 7.35. The molecule has 3 aromatic rings. The molecule has 0 radical (unpaired) electrons. The quantitative estimate of drug-likeness (QED) is 0.543. The number of aryl methyl sites for hydroxylation is 1. The van der Waals surface area contributed by atoms with Crippen LogP contribution in [0.1, 0.15) is 34.3 Å². The number of carbonyl (C=O) groups is 1. The van der Waals surface area contributed by atoms with Crippen molar-refractivity contribution in [1.82, 2.24) is 5.32 Å². The Balaban J connectivity index is 1.63. The summed E-state index contributed by atoms with van der Waals surface area (Å²) in [7, 11) is 0. The summed E-state index contributed by atoms with van der Waals surface area (Å²) in [4.78, 5) is 13.1. The Kier molecular flexibility index (Phi) is 4.92. The Hall–Kier alpha value is -2.33. The standard InChI is InChI=1S/C23H22BrNO2/c1-16-9-10-18(27-14-13-24)15-20(16)22(26)25-23(11-12-23)21-8-4-6-17-5-2-3-7-19(17)21/h2-10,15H,11-14H2,1H3,(H,25,26). The average Bonchev–Trinajstić information content (AvgIpc) is 3.47. The lowest BCUT2D eigenvalue weighted by atomic mass is 9.96. The number of hydrogen-bond acceptors (Lipinski definition) is 2. The summed E-state index contributed by atoms with van der Waals surface area (Å²) in [6, 6.07) is 20.4. The Morgan fingerprint density at radius 3 is 2.67 bits per heavy atom. The molecule has 0 heterocycles. The molecule has 4 rings (SSSR count). The SMILES string of the molecule is Cc1ccc(OCCBr)cc1C(=O)NC1(c2cccc3ccccc23)CC1. The van der Waals surface area contributed by atoms with Crippen LogP contribution in [0.15, 0.2) is 60.7 Å². The zero-order chi connectivity index (χ0) is 18.9. The van der Waals surface area contributed by atoms with Crippen molar-refractivity contribution in [1.29, 1.82) is 0 Å². The lowest BCUT2D eigenvalue weighted by Gasteiger charge is -2.21. The number of rotatable bonds is 6. The highest BCUT2D eigenvalue weighted by molar-refractivity contribution is 9.09. The van der Waals surface area contributed by atoms with Crippen LogP contribution < -0.4 is 10.1 Å². The molecule has 0 spiro atoms. The molecule has 0 unspecified atom stereocenters. The first-order valence-electron chi connectivity index (χ1n) is 9.23. The van der Waals surface area contributed by atoms with Crippen molar-refractivity contribution in [2.45, 2.75) is 25.3 Å². The first kappa shape index (κ1) is 18.1. The summed E-state index contributed by atoms with van der Waals surface area (Å²) in [6.45, 7) is 2.53. The number of amides is 1. The van der Waals surface area contributed by atoms with Crippen LogP contribution in [0.25, 0.3) is 10.8 Å². The highest BCUT2D eigenvalue weighted by Crippen LogP contribution is 2.48. The fraction of sp³-hybridized carbons (Fsp3) is 0.261. The topological polar surface area (TPSA) is 38.3 Å². The van der Waals surface area contributed by atoms with E-state index < -0.39 is 0 Å². The van der Waals surface area contributed by atoms with Gasteiger partial charge < -0.3 is 10.1 Å². The first-order chi connectivity index (χ1) is 13.1. The van der Waals surface area contributed by atoms with E-state index in [0.717, 1.165) is 29.5 Å². The molecule has 0 aliphatic heterocycles. The second-order valence-electron chi connectivity index (χ2n) is 7.08.